The van der Waals surface area contributed by atoms with Crippen molar-refractivity contribution in [3.8, 4) is 22.0 Å². The highest BCUT2D eigenvalue weighted by atomic mass is 32.2. The summed E-state index contributed by atoms with van der Waals surface area (Å²) in [6.45, 7) is 0. The second kappa shape index (κ2) is 6.78. The lowest BCUT2D eigenvalue weighted by Gasteiger charge is -2.10. The summed E-state index contributed by atoms with van der Waals surface area (Å²) in [6.07, 6.45) is 6.22. The first-order valence-electron chi connectivity index (χ1n) is 8.62. The zero-order chi connectivity index (χ0) is 17.3. The minimum atomic E-state index is 0.578. The molecule has 0 aliphatic heterocycles. The van der Waals surface area contributed by atoms with Crippen LogP contribution in [0.15, 0.2) is 69.9 Å². The van der Waals surface area contributed by atoms with Gasteiger partial charge in [0.05, 0.1) is 22.5 Å². The molecule has 4 aromatic rings. The lowest BCUT2D eigenvalue weighted by molar-refractivity contribution is 0.575. The van der Waals surface area contributed by atoms with Crippen molar-refractivity contribution < 1.29 is 4.42 Å². The molecule has 0 saturated heterocycles. The van der Waals surface area contributed by atoms with Crippen LogP contribution in [-0.4, -0.2) is 14.5 Å². The highest BCUT2D eigenvalue weighted by Gasteiger charge is 2.29. The second-order valence-corrected chi connectivity index (χ2v) is 8.19. The van der Waals surface area contributed by atoms with E-state index < -0.39 is 0 Å². The fourth-order valence-corrected chi connectivity index (χ4v) is 4.56. The van der Waals surface area contributed by atoms with Crippen LogP contribution < -0.4 is 0 Å². The van der Waals surface area contributed by atoms with Crippen LogP contribution in [0.2, 0.25) is 0 Å². The first-order chi connectivity index (χ1) is 12.9. The Hall–Kier alpha value is -2.31. The summed E-state index contributed by atoms with van der Waals surface area (Å²) in [4.78, 5) is 10.4. The Morgan fingerprint density at radius 1 is 1.15 bits per heavy atom. The summed E-state index contributed by atoms with van der Waals surface area (Å²) in [7, 11) is 0. The van der Waals surface area contributed by atoms with E-state index in [-0.39, 0.29) is 0 Å². The minimum Gasteiger partial charge on any atom is -0.444 e. The zero-order valence-corrected chi connectivity index (χ0v) is 15.7. The third-order valence-corrected chi connectivity index (χ3v) is 6.24. The summed E-state index contributed by atoms with van der Waals surface area (Å²) >= 11 is 3.37. The maximum absolute atomic E-state index is 5.62. The topological polar surface area (TPSA) is 43.9 Å². The van der Waals surface area contributed by atoms with Gasteiger partial charge in [-0.3, -0.25) is 0 Å². The number of thiophene rings is 1. The molecule has 0 N–H and O–H groups in total. The molecule has 0 spiro atoms. The first-order valence-corrected chi connectivity index (χ1v) is 10.5. The molecule has 0 atom stereocenters. The van der Waals surface area contributed by atoms with E-state index in [0.717, 1.165) is 21.5 Å². The molecule has 0 radical (unpaired) electrons. The van der Waals surface area contributed by atoms with Gasteiger partial charge in [0.15, 0.2) is 5.16 Å². The lowest BCUT2D eigenvalue weighted by Crippen LogP contribution is -1.99. The predicted octanol–water partition coefficient (Wildman–Crippen LogP) is 5.89. The molecule has 0 bridgehead atoms. The Morgan fingerprint density at radius 3 is 2.81 bits per heavy atom. The summed E-state index contributed by atoms with van der Waals surface area (Å²) in [5.74, 6) is 1.46. The van der Waals surface area contributed by atoms with E-state index >= 15 is 0 Å². The molecule has 0 amide bonds. The third kappa shape index (κ3) is 3.10. The molecule has 5 rings (SSSR count). The number of rotatable bonds is 6. The Kier molecular flexibility index (Phi) is 4.15. The Labute approximate surface area is 159 Å². The quantitative estimate of drug-likeness (QED) is 0.392. The van der Waals surface area contributed by atoms with E-state index in [2.05, 4.69) is 33.8 Å². The van der Waals surface area contributed by atoms with Crippen molar-refractivity contribution in [2.24, 2.45) is 0 Å². The zero-order valence-electron chi connectivity index (χ0n) is 14.0. The Morgan fingerprint density at radius 2 is 2.04 bits per heavy atom. The molecule has 6 heteroatoms. The molecule has 130 valence electrons. The van der Waals surface area contributed by atoms with Crippen LogP contribution in [0.3, 0.4) is 0 Å². The van der Waals surface area contributed by atoms with Crippen LogP contribution in [0.1, 0.15) is 24.6 Å². The number of hydrogen-bond acceptors (Lipinski definition) is 5. The van der Waals surface area contributed by atoms with Gasteiger partial charge >= 0.3 is 0 Å². The van der Waals surface area contributed by atoms with Gasteiger partial charge in [0, 0.05) is 11.8 Å². The van der Waals surface area contributed by atoms with Crippen molar-refractivity contribution in [2.75, 3.05) is 0 Å². The van der Waals surface area contributed by atoms with Crippen molar-refractivity contribution >= 4 is 23.1 Å². The number of hydrogen-bond donors (Lipinski definition) is 0. The first kappa shape index (κ1) is 15.9. The molecule has 4 nitrogen and oxygen atoms in total. The lowest BCUT2D eigenvalue weighted by atomic mass is 10.2. The van der Waals surface area contributed by atoms with Gasteiger partial charge in [-0.15, -0.1) is 11.3 Å². The SMILES string of the molecule is c1ccc(-c2cnc(SCc3coc(-c4cccs4)n3)n2C2CC2)cc1. The van der Waals surface area contributed by atoms with Crippen molar-refractivity contribution in [1.29, 1.82) is 0 Å². The molecular formula is C20H17N3OS2. The van der Waals surface area contributed by atoms with Gasteiger partial charge in [0.25, 0.3) is 0 Å². The van der Waals surface area contributed by atoms with E-state index in [9.17, 15) is 0 Å². The molecule has 3 heterocycles. The smallest absolute Gasteiger partial charge is 0.236 e. The van der Waals surface area contributed by atoms with Crippen LogP contribution in [0.5, 0.6) is 0 Å². The van der Waals surface area contributed by atoms with Crippen LogP contribution in [0, 0.1) is 0 Å². The molecular weight excluding hydrogens is 362 g/mol. The number of aromatic nitrogens is 3. The summed E-state index contributed by atoms with van der Waals surface area (Å²) in [6, 6.07) is 15.1. The fourth-order valence-electron chi connectivity index (χ4n) is 2.98. The van der Waals surface area contributed by atoms with Gasteiger partial charge in [-0.2, -0.15) is 0 Å². The second-order valence-electron chi connectivity index (χ2n) is 6.30. The maximum atomic E-state index is 5.62. The van der Waals surface area contributed by atoms with Crippen molar-refractivity contribution in [3.63, 3.8) is 0 Å². The Balaban J connectivity index is 1.37. The Bertz CT molecular complexity index is 1000. The maximum Gasteiger partial charge on any atom is 0.236 e. The highest BCUT2D eigenvalue weighted by Crippen LogP contribution is 2.42. The number of benzene rings is 1. The number of imidazole rings is 1. The normalized spacial score (nSPS) is 14.0. The molecule has 1 fully saturated rings. The summed E-state index contributed by atoms with van der Waals surface area (Å²) in [5.41, 5.74) is 3.38. The van der Waals surface area contributed by atoms with Gasteiger partial charge in [-0.1, -0.05) is 48.2 Å². The van der Waals surface area contributed by atoms with Gasteiger partial charge in [-0.05, 0) is 29.9 Å². The average molecular weight is 380 g/mol. The van der Waals surface area contributed by atoms with Crippen molar-refractivity contribution in [2.45, 2.75) is 29.8 Å². The molecule has 1 aliphatic carbocycles. The number of thioether (sulfide) groups is 1. The molecule has 1 saturated carbocycles. The van der Waals surface area contributed by atoms with E-state index in [1.165, 1.54) is 24.1 Å². The summed E-state index contributed by atoms with van der Waals surface area (Å²) in [5, 5.41) is 3.10. The average Bonchev–Trinajstić information content (AvgIpc) is 3.10. The fraction of sp³-hybridized carbons (Fsp3) is 0.200. The van der Waals surface area contributed by atoms with Crippen LogP contribution in [-0.2, 0) is 5.75 Å². The van der Waals surface area contributed by atoms with Gasteiger partial charge in [0.1, 0.15) is 6.26 Å². The van der Waals surface area contributed by atoms with E-state index in [1.54, 1.807) is 29.4 Å². The van der Waals surface area contributed by atoms with Crippen molar-refractivity contribution in [1.82, 2.24) is 14.5 Å². The number of oxazole rings is 1. The predicted molar refractivity (Wildman–Crippen MR) is 105 cm³/mol. The van der Waals surface area contributed by atoms with Crippen LogP contribution >= 0.6 is 23.1 Å². The monoisotopic (exact) mass is 379 g/mol. The van der Waals surface area contributed by atoms with Gasteiger partial charge in [-0.25, -0.2) is 9.97 Å². The van der Waals surface area contributed by atoms with E-state index in [4.69, 9.17) is 9.40 Å². The molecule has 26 heavy (non-hydrogen) atoms. The van der Waals surface area contributed by atoms with Gasteiger partial charge in [0.2, 0.25) is 5.89 Å². The van der Waals surface area contributed by atoms with E-state index in [0.29, 0.717) is 11.9 Å². The van der Waals surface area contributed by atoms with Gasteiger partial charge < -0.3 is 8.98 Å². The molecule has 1 aliphatic rings. The minimum absolute atomic E-state index is 0.578. The van der Waals surface area contributed by atoms with Crippen molar-refractivity contribution in [3.05, 3.63) is 66.0 Å². The standard InChI is InChI=1S/C20H17N3OS2/c1-2-5-14(6-3-1)17-11-21-20(23(17)16-8-9-16)26-13-15-12-24-19(22-15)18-7-4-10-25-18/h1-7,10-12,16H,8-9,13H2. The largest absolute Gasteiger partial charge is 0.444 e. The van der Waals surface area contributed by atoms with Crippen LogP contribution in [0.25, 0.3) is 22.0 Å². The molecule has 0 unspecified atom stereocenters. The number of nitrogens with zero attached hydrogens (tertiary/aromatic N) is 3. The highest BCUT2D eigenvalue weighted by molar-refractivity contribution is 7.98. The molecule has 1 aromatic carbocycles. The van der Waals surface area contributed by atoms with Crippen LogP contribution in [0.4, 0.5) is 0 Å². The summed E-state index contributed by atoms with van der Waals surface area (Å²) < 4.78 is 8.01. The third-order valence-electron chi connectivity index (χ3n) is 4.38. The molecule has 3 aromatic heterocycles. The van der Waals surface area contributed by atoms with E-state index in [1.807, 2.05) is 29.8 Å².